The van der Waals surface area contributed by atoms with Crippen molar-refractivity contribution >= 4 is 23.7 Å². The predicted octanol–water partition coefficient (Wildman–Crippen LogP) is 6.55. The molecule has 1 aliphatic heterocycles. The number of esters is 1. The molecular weight excluding hydrogens is 652 g/mol. The number of amides is 1. The largest absolute Gasteiger partial charge is 0.507 e. The van der Waals surface area contributed by atoms with Crippen LogP contribution in [0.3, 0.4) is 0 Å². The van der Waals surface area contributed by atoms with E-state index < -0.39 is 23.7 Å². The average Bonchev–Trinajstić information content (AvgIpc) is 3.10. The SMILES string of the molecule is COc1cc(C(CC(=O)NCC(c2ccccc2)N(C)C)c2c(O)cc3c(c2O)C(=O)OC(C)CCCC(=O)CCCC=C3)cc(OC)c1OC. The summed E-state index contributed by atoms with van der Waals surface area (Å²) >= 11 is 0. The number of hydrogen-bond donors (Lipinski definition) is 3. The van der Waals surface area contributed by atoms with E-state index in [0.717, 1.165) is 5.56 Å². The first-order valence-corrected chi connectivity index (χ1v) is 17.2. The molecule has 51 heavy (non-hydrogen) atoms. The van der Waals surface area contributed by atoms with Crippen LogP contribution in [0.1, 0.15) is 96.4 Å². The normalized spacial score (nSPS) is 16.7. The number of methoxy groups -OCH3 is 3. The summed E-state index contributed by atoms with van der Waals surface area (Å²) < 4.78 is 22.5. The molecule has 274 valence electrons. The number of nitrogens with one attached hydrogen (secondary N) is 1. The fraction of sp³-hybridized carbons (Fsp3) is 0.425. The van der Waals surface area contributed by atoms with Crippen molar-refractivity contribution < 1.29 is 43.5 Å². The maximum atomic E-state index is 13.8. The molecular formula is C40H50N2O9. The number of ketones is 1. The van der Waals surface area contributed by atoms with Crippen LogP contribution in [0, 0.1) is 0 Å². The van der Waals surface area contributed by atoms with Crippen molar-refractivity contribution in [3.63, 3.8) is 0 Å². The zero-order valence-electron chi connectivity index (χ0n) is 30.4. The molecule has 3 aromatic carbocycles. The second-order valence-electron chi connectivity index (χ2n) is 13.0. The fourth-order valence-electron chi connectivity index (χ4n) is 6.45. The number of phenolic OH excluding ortho intramolecular Hbond substituents is 2. The second kappa shape index (κ2) is 18.3. The second-order valence-corrected chi connectivity index (χ2v) is 13.0. The smallest absolute Gasteiger partial charge is 0.342 e. The van der Waals surface area contributed by atoms with Crippen LogP contribution in [0.5, 0.6) is 28.7 Å². The van der Waals surface area contributed by atoms with Crippen LogP contribution in [0.25, 0.3) is 6.08 Å². The monoisotopic (exact) mass is 702 g/mol. The molecule has 0 aromatic heterocycles. The number of benzene rings is 3. The molecule has 0 aliphatic carbocycles. The third kappa shape index (κ3) is 9.82. The molecule has 1 heterocycles. The van der Waals surface area contributed by atoms with E-state index in [1.807, 2.05) is 49.3 Å². The third-order valence-electron chi connectivity index (χ3n) is 9.18. The van der Waals surface area contributed by atoms with E-state index in [0.29, 0.717) is 67.9 Å². The fourth-order valence-corrected chi connectivity index (χ4v) is 6.45. The lowest BCUT2D eigenvalue weighted by atomic mass is 9.84. The van der Waals surface area contributed by atoms with Crippen LogP contribution in [-0.2, 0) is 14.3 Å². The molecule has 11 nitrogen and oxygen atoms in total. The number of carbonyl (C=O) groups excluding carboxylic acids is 3. The van der Waals surface area contributed by atoms with Gasteiger partial charge in [0, 0.05) is 37.3 Å². The molecule has 3 unspecified atom stereocenters. The highest BCUT2D eigenvalue weighted by Gasteiger charge is 2.32. The molecule has 3 aromatic rings. The van der Waals surface area contributed by atoms with E-state index in [9.17, 15) is 24.6 Å². The molecule has 0 saturated heterocycles. The van der Waals surface area contributed by atoms with E-state index in [1.54, 1.807) is 31.2 Å². The van der Waals surface area contributed by atoms with E-state index in [-0.39, 0.29) is 46.6 Å². The van der Waals surface area contributed by atoms with Crippen molar-refractivity contribution in [3.8, 4) is 28.7 Å². The van der Waals surface area contributed by atoms with E-state index in [1.165, 1.54) is 27.4 Å². The number of fused-ring (bicyclic) bond motifs is 1. The first-order chi connectivity index (χ1) is 24.5. The van der Waals surface area contributed by atoms with Gasteiger partial charge < -0.3 is 39.4 Å². The lowest BCUT2D eigenvalue weighted by Crippen LogP contribution is -2.35. The standard InChI is InChI=1S/C40H50N2O9/c1-25-14-13-19-29(43)18-12-8-11-17-27-20-32(44)37(38(46)36(27)40(47)51-25)30(28-21-33(48-4)39(50-6)34(22-28)49-5)23-35(45)41-24-31(42(2)3)26-15-9-7-10-16-26/h7,9-11,15-17,20-22,25,30-31,44,46H,8,12-14,18-19,23-24H2,1-6H3,(H,41,45). The van der Waals surface area contributed by atoms with E-state index in [2.05, 4.69) is 5.32 Å². The summed E-state index contributed by atoms with van der Waals surface area (Å²) in [5.41, 5.74) is 1.57. The van der Waals surface area contributed by atoms with Gasteiger partial charge in [0.05, 0.1) is 33.5 Å². The van der Waals surface area contributed by atoms with Crippen LogP contribution in [0.2, 0.25) is 0 Å². The number of allylic oxidation sites excluding steroid dienone is 1. The van der Waals surface area contributed by atoms with Gasteiger partial charge in [-0.1, -0.05) is 42.5 Å². The summed E-state index contributed by atoms with van der Waals surface area (Å²) in [6, 6.07) is 14.4. The number of phenols is 2. The Morgan fingerprint density at radius 2 is 1.63 bits per heavy atom. The number of hydrogen-bond acceptors (Lipinski definition) is 10. The minimum Gasteiger partial charge on any atom is -0.507 e. The van der Waals surface area contributed by atoms with Crippen molar-refractivity contribution in [2.45, 2.75) is 69.9 Å². The summed E-state index contributed by atoms with van der Waals surface area (Å²) in [5, 5.41) is 26.6. The Morgan fingerprint density at radius 3 is 2.25 bits per heavy atom. The van der Waals surface area contributed by atoms with Gasteiger partial charge in [0.1, 0.15) is 22.8 Å². The number of cyclic esters (lactones) is 1. The number of Topliss-reactive ketones (excluding diaryl/α,β-unsaturated/α-hetero) is 1. The van der Waals surface area contributed by atoms with Crippen LogP contribution < -0.4 is 19.5 Å². The number of likely N-dealkylation sites (N-methyl/N-ethyl adjacent to an activating group) is 1. The first-order valence-electron chi connectivity index (χ1n) is 17.2. The van der Waals surface area contributed by atoms with E-state index in [4.69, 9.17) is 18.9 Å². The van der Waals surface area contributed by atoms with Gasteiger partial charge >= 0.3 is 5.97 Å². The van der Waals surface area contributed by atoms with Crippen LogP contribution in [0.15, 0.2) is 54.6 Å². The van der Waals surface area contributed by atoms with Crippen molar-refractivity contribution in [1.82, 2.24) is 10.2 Å². The molecule has 1 amide bonds. The van der Waals surface area contributed by atoms with Gasteiger partial charge in [0.25, 0.3) is 0 Å². The van der Waals surface area contributed by atoms with Gasteiger partial charge in [-0.15, -0.1) is 0 Å². The van der Waals surface area contributed by atoms with Crippen molar-refractivity contribution in [3.05, 3.63) is 82.4 Å². The van der Waals surface area contributed by atoms with Crippen molar-refractivity contribution in [2.75, 3.05) is 42.0 Å². The van der Waals surface area contributed by atoms with Crippen molar-refractivity contribution in [2.24, 2.45) is 0 Å². The maximum Gasteiger partial charge on any atom is 0.342 e. The molecule has 0 radical (unpaired) electrons. The van der Waals surface area contributed by atoms with Crippen LogP contribution in [0.4, 0.5) is 0 Å². The topological polar surface area (TPSA) is 144 Å². The zero-order valence-corrected chi connectivity index (χ0v) is 30.4. The van der Waals surface area contributed by atoms with Crippen molar-refractivity contribution in [1.29, 1.82) is 0 Å². The van der Waals surface area contributed by atoms with Crippen LogP contribution >= 0.6 is 0 Å². The van der Waals surface area contributed by atoms with Gasteiger partial charge in [-0.3, -0.25) is 9.59 Å². The summed E-state index contributed by atoms with van der Waals surface area (Å²) in [4.78, 5) is 41.9. The third-order valence-corrected chi connectivity index (χ3v) is 9.18. The summed E-state index contributed by atoms with van der Waals surface area (Å²) in [6.45, 7) is 2.03. The number of aromatic hydroxyl groups is 2. The minimum absolute atomic E-state index is 0.0323. The van der Waals surface area contributed by atoms with Gasteiger partial charge in [-0.05, 0) is 81.6 Å². The lowest BCUT2D eigenvalue weighted by molar-refractivity contribution is -0.121. The Balaban J connectivity index is 1.83. The summed E-state index contributed by atoms with van der Waals surface area (Å²) in [7, 11) is 8.27. The molecule has 1 aliphatic rings. The first kappa shape index (κ1) is 38.8. The van der Waals surface area contributed by atoms with Gasteiger partial charge in [-0.25, -0.2) is 4.79 Å². The Kier molecular flexibility index (Phi) is 13.9. The Labute approximate surface area is 300 Å². The molecule has 4 rings (SSSR count). The predicted molar refractivity (Wildman–Crippen MR) is 195 cm³/mol. The summed E-state index contributed by atoms with van der Waals surface area (Å²) in [6.07, 6.45) is 5.77. The molecule has 0 fully saturated rings. The molecule has 0 bridgehead atoms. The molecule has 0 spiro atoms. The Morgan fingerprint density at radius 1 is 0.961 bits per heavy atom. The van der Waals surface area contributed by atoms with E-state index >= 15 is 0 Å². The molecule has 3 N–H and O–H groups in total. The quantitative estimate of drug-likeness (QED) is 0.188. The Bertz CT molecular complexity index is 1680. The lowest BCUT2D eigenvalue weighted by Gasteiger charge is -2.27. The highest BCUT2D eigenvalue weighted by Crippen LogP contribution is 2.47. The Hall–Kier alpha value is -5.03. The number of nitrogens with zero attached hydrogens (tertiary/aromatic N) is 1. The highest BCUT2D eigenvalue weighted by atomic mass is 16.5. The van der Waals surface area contributed by atoms with Gasteiger partial charge in [0.15, 0.2) is 11.5 Å². The zero-order chi connectivity index (χ0) is 37.1. The molecule has 3 atom stereocenters. The average molecular weight is 703 g/mol. The van der Waals surface area contributed by atoms with Gasteiger partial charge in [-0.2, -0.15) is 0 Å². The number of carbonyl (C=O) groups is 3. The summed E-state index contributed by atoms with van der Waals surface area (Å²) in [5.74, 6) is -1.85. The molecule has 11 heteroatoms. The number of ether oxygens (including phenoxy) is 4. The highest BCUT2D eigenvalue weighted by molar-refractivity contribution is 5.98. The maximum absolute atomic E-state index is 13.8. The molecule has 0 saturated carbocycles. The van der Waals surface area contributed by atoms with Gasteiger partial charge in [0.2, 0.25) is 11.7 Å². The van der Waals surface area contributed by atoms with Crippen LogP contribution in [-0.4, -0.2) is 80.8 Å². The minimum atomic E-state index is -0.980. The number of rotatable bonds is 11.